The summed E-state index contributed by atoms with van der Waals surface area (Å²) < 4.78 is 81.5. The molecule has 1 aromatic heterocycles. The maximum absolute atomic E-state index is 13.9. The summed E-state index contributed by atoms with van der Waals surface area (Å²) in [4.78, 5) is 24.3. The van der Waals surface area contributed by atoms with Crippen molar-refractivity contribution in [1.82, 2.24) is 9.88 Å². The van der Waals surface area contributed by atoms with Gasteiger partial charge < -0.3 is 14.7 Å². The van der Waals surface area contributed by atoms with E-state index in [2.05, 4.69) is 21.7 Å². The topological polar surface area (TPSA) is 39.7 Å². The van der Waals surface area contributed by atoms with Gasteiger partial charge in [-0.15, -0.1) is 0 Å². The van der Waals surface area contributed by atoms with Crippen LogP contribution in [0.3, 0.4) is 0 Å². The molecule has 2 heterocycles. The van der Waals surface area contributed by atoms with Crippen LogP contribution in [0.1, 0.15) is 43.0 Å². The van der Waals surface area contributed by atoms with Gasteiger partial charge in [-0.1, -0.05) is 31.2 Å². The minimum atomic E-state index is -5.03. The summed E-state index contributed by atoms with van der Waals surface area (Å²) in [5, 5.41) is 0. The summed E-state index contributed by atoms with van der Waals surface area (Å²) in [6.45, 7) is 10.9. The van der Waals surface area contributed by atoms with Crippen LogP contribution in [0.2, 0.25) is 0 Å². The minimum Gasteiger partial charge on any atom is -0.354 e. The molecule has 5 nitrogen and oxygen atoms in total. The first-order chi connectivity index (χ1) is 19.5. The summed E-state index contributed by atoms with van der Waals surface area (Å²) in [6.07, 6.45) is -8.51. The number of hydrogen-bond acceptors (Lipinski definition) is 4. The Morgan fingerprint density at radius 2 is 1.40 bits per heavy atom. The molecule has 11 heteroatoms. The predicted molar refractivity (Wildman–Crippen MR) is 152 cm³/mol. The van der Waals surface area contributed by atoms with E-state index in [1.54, 1.807) is 6.20 Å². The molecule has 0 N–H and O–H groups in total. The lowest BCUT2D eigenvalue weighted by Crippen LogP contribution is -2.46. The van der Waals surface area contributed by atoms with E-state index < -0.39 is 40.4 Å². The highest BCUT2D eigenvalue weighted by Gasteiger charge is 2.41. The number of nitrogens with zero attached hydrogens (tertiary/aromatic N) is 4. The Kier molecular flexibility index (Phi) is 8.64. The number of aromatic nitrogens is 1. The molecule has 0 unspecified atom stereocenters. The van der Waals surface area contributed by atoms with E-state index in [0.717, 1.165) is 49.7 Å². The largest absolute Gasteiger partial charge is 0.416 e. The van der Waals surface area contributed by atoms with Gasteiger partial charge in [-0.3, -0.25) is 4.79 Å². The van der Waals surface area contributed by atoms with Crippen LogP contribution in [0.15, 0.2) is 54.7 Å². The number of piperazine rings is 1. The van der Waals surface area contributed by atoms with Crippen LogP contribution in [-0.2, 0) is 22.6 Å². The first-order valence-electron chi connectivity index (χ1n) is 13.7. The number of likely N-dealkylation sites (N-methyl/N-ethyl adjacent to an activating group) is 2. The van der Waals surface area contributed by atoms with Gasteiger partial charge in [0, 0.05) is 38.8 Å². The van der Waals surface area contributed by atoms with Gasteiger partial charge in [0.2, 0.25) is 5.91 Å². The van der Waals surface area contributed by atoms with E-state index >= 15 is 0 Å². The number of halogens is 6. The molecular formula is C31H34F6N4O. The summed E-state index contributed by atoms with van der Waals surface area (Å²) in [5.74, 6) is 0.0384. The number of amides is 1. The van der Waals surface area contributed by atoms with Crippen LogP contribution >= 0.6 is 0 Å². The molecule has 0 spiro atoms. The Balaban J connectivity index is 1.78. The summed E-state index contributed by atoms with van der Waals surface area (Å²) in [6, 6.07) is 10.7. The van der Waals surface area contributed by atoms with Crippen molar-refractivity contribution < 1.29 is 31.1 Å². The van der Waals surface area contributed by atoms with Gasteiger partial charge in [0.15, 0.2) is 0 Å². The van der Waals surface area contributed by atoms with Gasteiger partial charge >= 0.3 is 12.4 Å². The SMILES string of the molecule is CCN1CCN(c2cc(-c3ccccc3C)c(N(C)C(=O)C(C)(C)c3cc(C(F)(F)F)cc(C(F)(F)F)c3)cn2)CC1. The van der Waals surface area contributed by atoms with E-state index in [0.29, 0.717) is 23.4 Å². The standard InChI is InChI=1S/C31H34F6N4O/c1-6-40-11-13-41(14-12-40)27-18-25(24-10-8-7-9-20(24)2)26(19-38-27)39(5)28(42)29(3,4)21-15-22(30(32,33)34)17-23(16-21)31(35,36)37/h7-10,15-19H,6,11-14H2,1-5H3. The molecule has 1 amide bonds. The van der Waals surface area contributed by atoms with Crippen LogP contribution in [0.5, 0.6) is 0 Å². The Labute approximate surface area is 241 Å². The third-order valence-corrected chi connectivity index (χ3v) is 7.96. The van der Waals surface area contributed by atoms with Crippen LogP contribution in [0, 0.1) is 6.92 Å². The molecule has 1 fully saturated rings. The van der Waals surface area contributed by atoms with E-state index in [-0.39, 0.29) is 6.07 Å². The quantitative estimate of drug-likeness (QED) is 0.285. The Hall–Kier alpha value is -3.60. The van der Waals surface area contributed by atoms with Crippen molar-refractivity contribution in [3.05, 3.63) is 77.0 Å². The Morgan fingerprint density at radius 3 is 1.93 bits per heavy atom. The molecule has 4 rings (SSSR count). The molecule has 1 aliphatic rings. The third kappa shape index (κ3) is 6.40. The fourth-order valence-electron chi connectivity index (χ4n) is 5.23. The molecule has 0 atom stereocenters. The number of hydrogen-bond donors (Lipinski definition) is 0. The number of alkyl halides is 6. The zero-order valence-corrected chi connectivity index (χ0v) is 24.2. The predicted octanol–water partition coefficient (Wildman–Crippen LogP) is 7.18. The molecule has 1 aliphatic heterocycles. The molecular weight excluding hydrogens is 558 g/mol. The number of benzene rings is 2. The average Bonchev–Trinajstić information content (AvgIpc) is 2.95. The van der Waals surface area contributed by atoms with E-state index in [9.17, 15) is 31.1 Å². The Morgan fingerprint density at radius 1 is 0.857 bits per heavy atom. The maximum Gasteiger partial charge on any atom is 0.416 e. The number of aryl methyl sites for hydroxylation is 1. The first kappa shape index (κ1) is 31.3. The number of carbonyl (C=O) groups is 1. The van der Waals surface area contributed by atoms with Gasteiger partial charge in [0.25, 0.3) is 0 Å². The monoisotopic (exact) mass is 592 g/mol. The van der Waals surface area contributed by atoms with Crippen molar-refractivity contribution in [3.8, 4) is 11.1 Å². The van der Waals surface area contributed by atoms with Gasteiger partial charge in [0.1, 0.15) is 5.82 Å². The normalized spacial score (nSPS) is 15.2. The van der Waals surface area contributed by atoms with Crippen LogP contribution in [-0.4, -0.2) is 55.6 Å². The number of rotatable bonds is 6. The van der Waals surface area contributed by atoms with E-state index in [1.165, 1.54) is 25.8 Å². The highest BCUT2D eigenvalue weighted by Crippen LogP contribution is 2.41. The molecule has 0 bridgehead atoms. The van der Waals surface area contributed by atoms with Crippen molar-refractivity contribution in [2.75, 3.05) is 49.6 Å². The van der Waals surface area contributed by atoms with Crippen LogP contribution in [0.4, 0.5) is 37.8 Å². The fourth-order valence-corrected chi connectivity index (χ4v) is 5.23. The Bertz CT molecular complexity index is 1410. The fraction of sp³-hybridized carbons (Fsp3) is 0.419. The summed E-state index contributed by atoms with van der Waals surface area (Å²) >= 11 is 0. The zero-order valence-electron chi connectivity index (χ0n) is 24.2. The molecule has 1 saturated heterocycles. The number of anilines is 2. The summed E-state index contributed by atoms with van der Waals surface area (Å²) in [5.41, 5.74) is -2.23. The van der Waals surface area contributed by atoms with Gasteiger partial charge in [-0.25, -0.2) is 4.98 Å². The lowest BCUT2D eigenvalue weighted by atomic mass is 9.81. The second-order valence-electron chi connectivity index (χ2n) is 11.1. The van der Waals surface area contributed by atoms with Crippen molar-refractivity contribution in [3.63, 3.8) is 0 Å². The third-order valence-electron chi connectivity index (χ3n) is 7.96. The van der Waals surface area contributed by atoms with Crippen molar-refractivity contribution in [1.29, 1.82) is 0 Å². The maximum atomic E-state index is 13.9. The number of pyridine rings is 1. The molecule has 0 saturated carbocycles. The zero-order chi connectivity index (χ0) is 31.0. The first-order valence-corrected chi connectivity index (χ1v) is 13.7. The lowest BCUT2D eigenvalue weighted by molar-refractivity contribution is -0.143. The van der Waals surface area contributed by atoms with E-state index in [4.69, 9.17) is 0 Å². The lowest BCUT2D eigenvalue weighted by Gasteiger charge is -2.35. The summed E-state index contributed by atoms with van der Waals surface area (Å²) in [7, 11) is 1.46. The second-order valence-corrected chi connectivity index (χ2v) is 11.1. The van der Waals surface area contributed by atoms with Gasteiger partial charge in [-0.05, 0) is 68.3 Å². The van der Waals surface area contributed by atoms with Crippen LogP contribution in [0.25, 0.3) is 11.1 Å². The van der Waals surface area contributed by atoms with Crippen molar-refractivity contribution in [2.24, 2.45) is 0 Å². The molecule has 0 aliphatic carbocycles. The highest BCUT2D eigenvalue weighted by atomic mass is 19.4. The van der Waals surface area contributed by atoms with Crippen LogP contribution < -0.4 is 9.80 Å². The van der Waals surface area contributed by atoms with E-state index in [1.807, 2.05) is 37.3 Å². The van der Waals surface area contributed by atoms with Gasteiger partial charge in [-0.2, -0.15) is 26.3 Å². The second kappa shape index (κ2) is 11.6. The number of carbonyl (C=O) groups excluding carboxylic acids is 1. The minimum absolute atomic E-state index is 0.0625. The van der Waals surface area contributed by atoms with Crippen molar-refractivity contribution >= 4 is 17.4 Å². The molecule has 3 aromatic rings. The average molecular weight is 593 g/mol. The molecule has 226 valence electrons. The molecule has 0 radical (unpaired) electrons. The van der Waals surface area contributed by atoms with Crippen molar-refractivity contribution in [2.45, 2.75) is 45.5 Å². The molecule has 2 aromatic carbocycles. The molecule has 42 heavy (non-hydrogen) atoms. The van der Waals surface area contributed by atoms with Gasteiger partial charge in [0.05, 0.1) is 28.4 Å². The highest BCUT2D eigenvalue weighted by molar-refractivity contribution is 6.03. The smallest absolute Gasteiger partial charge is 0.354 e.